The first kappa shape index (κ1) is 15.4. The normalized spacial score (nSPS) is 18.9. The molecule has 112 valence electrons. The van der Waals surface area contributed by atoms with Crippen LogP contribution in [-0.2, 0) is 20.8 Å². The van der Waals surface area contributed by atoms with E-state index in [2.05, 4.69) is 31.5 Å². The third-order valence-corrected chi connectivity index (χ3v) is 3.95. The van der Waals surface area contributed by atoms with Gasteiger partial charge >= 0.3 is 0 Å². The predicted molar refractivity (Wildman–Crippen MR) is 77.9 cm³/mol. The van der Waals surface area contributed by atoms with Gasteiger partial charge in [-0.2, -0.15) is 0 Å². The topological polar surface area (TPSA) is 114 Å². The molecule has 1 aromatic heterocycles. The molecule has 0 bridgehead atoms. The third-order valence-electron chi connectivity index (χ3n) is 3.23. The summed E-state index contributed by atoms with van der Waals surface area (Å²) in [6.45, 7) is 0. The average Bonchev–Trinajstić information content (AvgIpc) is 2.87. The van der Waals surface area contributed by atoms with Gasteiger partial charge in [0.25, 0.3) is 0 Å². The molecular weight excluding hydrogens is 340 g/mol. The van der Waals surface area contributed by atoms with E-state index in [0.29, 0.717) is 17.4 Å². The molecule has 1 aromatic rings. The second-order valence-corrected chi connectivity index (χ2v) is 5.53. The lowest BCUT2D eigenvalue weighted by Gasteiger charge is -2.18. The first-order valence-electron chi connectivity index (χ1n) is 6.46. The van der Waals surface area contributed by atoms with E-state index < -0.39 is 23.9 Å². The second kappa shape index (κ2) is 6.66. The Morgan fingerprint density at radius 3 is 2.90 bits per heavy atom. The minimum Gasteiger partial charge on any atom is -0.368 e. The van der Waals surface area contributed by atoms with Crippen LogP contribution in [0.15, 0.2) is 22.9 Å². The van der Waals surface area contributed by atoms with Crippen LogP contribution in [0.25, 0.3) is 0 Å². The van der Waals surface area contributed by atoms with Gasteiger partial charge in [0.15, 0.2) is 0 Å². The Bertz CT molecular complexity index is 578. The Balaban J connectivity index is 2.03. The van der Waals surface area contributed by atoms with Crippen molar-refractivity contribution in [2.24, 2.45) is 5.73 Å². The fourth-order valence-electron chi connectivity index (χ4n) is 2.10. The molecule has 4 N–H and O–H groups in total. The summed E-state index contributed by atoms with van der Waals surface area (Å²) in [4.78, 5) is 38.7. The van der Waals surface area contributed by atoms with Crippen molar-refractivity contribution in [3.8, 4) is 0 Å². The molecule has 21 heavy (non-hydrogen) atoms. The summed E-state index contributed by atoms with van der Waals surface area (Å²) < 4.78 is 0.597. The highest BCUT2D eigenvalue weighted by Gasteiger charge is 2.30. The summed E-state index contributed by atoms with van der Waals surface area (Å²) in [5, 5.41) is 5.13. The van der Waals surface area contributed by atoms with Gasteiger partial charge in [-0.3, -0.25) is 14.4 Å². The number of pyridine rings is 1. The fourth-order valence-corrected chi connectivity index (χ4v) is 2.51. The van der Waals surface area contributed by atoms with Crippen LogP contribution in [0.2, 0.25) is 0 Å². The van der Waals surface area contributed by atoms with Gasteiger partial charge in [-0.05, 0) is 34.0 Å². The lowest BCUT2D eigenvalue weighted by atomic mass is 10.1. The van der Waals surface area contributed by atoms with Crippen LogP contribution in [0.4, 0.5) is 0 Å². The summed E-state index contributed by atoms with van der Waals surface area (Å²) in [7, 11) is 0. The van der Waals surface area contributed by atoms with E-state index in [9.17, 15) is 14.4 Å². The molecule has 2 atom stereocenters. The SMILES string of the molecule is NC(=O)[C@@H](Cc1cccnc1Br)NC(=O)[C@@H]1CCC(=O)N1. The van der Waals surface area contributed by atoms with Gasteiger partial charge in [0.05, 0.1) is 0 Å². The number of carbonyl (C=O) groups is 3. The van der Waals surface area contributed by atoms with E-state index in [0.717, 1.165) is 5.56 Å². The number of halogens is 1. The number of nitrogens with zero attached hydrogens (tertiary/aromatic N) is 1. The molecule has 2 rings (SSSR count). The number of nitrogens with one attached hydrogen (secondary N) is 2. The monoisotopic (exact) mass is 354 g/mol. The lowest BCUT2D eigenvalue weighted by molar-refractivity contribution is -0.129. The van der Waals surface area contributed by atoms with E-state index in [1.165, 1.54) is 0 Å². The molecule has 1 saturated heterocycles. The highest BCUT2D eigenvalue weighted by Crippen LogP contribution is 2.15. The van der Waals surface area contributed by atoms with Crippen LogP contribution < -0.4 is 16.4 Å². The molecule has 0 unspecified atom stereocenters. The number of hydrogen-bond donors (Lipinski definition) is 3. The number of aromatic nitrogens is 1. The number of hydrogen-bond acceptors (Lipinski definition) is 4. The molecular formula is C13H15BrN4O3. The van der Waals surface area contributed by atoms with Crippen molar-refractivity contribution in [1.29, 1.82) is 0 Å². The van der Waals surface area contributed by atoms with Crippen molar-refractivity contribution in [3.63, 3.8) is 0 Å². The fraction of sp³-hybridized carbons (Fsp3) is 0.385. The van der Waals surface area contributed by atoms with Gasteiger partial charge in [0.1, 0.15) is 16.7 Å². The Labute approximate surface area is 129 Å². The van der Waals surface area contributed by atoms with Gasteiger partial charge < -0.3 is 16.4 Å². The zero-order valence-corrected chi connectivity index (χ0v) is 12.7. The number of nitrogens with two attached hydrogens (primary N) is 1. The van der Waals surface area contributed by atoms with Crippen molar-refractivity contribution in [3.05, 3.63) is 28.5 Å². The Kier molecular flexibility index (Phi) is 4.89. The van der Waals surface area contributed by atoms with Crippen LogP contribution in [-0.4, -0.2) is 34.8 Å². The number of carbonyl (C=O) groups excluding carboxylic acids is 3. The molecule has 1 aliphatic heterocycles. The Morgan fingerprint density at radius 1 is 1.57 bits per heavy atom. The first-order chi connectivity index (χ1) is 9.97. The average molecular weight is 355 g/mol. The third kappa shape index (κ3) is 4.01. The van der Waals surface area contributed by atoms with Crippen LogP contribution >= 0.6 is 15.9 Å². The van der Waals surface area contributed by atoms with E-state index in [1.54, 1.807) is 18.3 Å². The van der Waals surface area contributed by atoms with Gasteiger partial charge in [-0.25, -0.2) is 4.98 Å². The van der Waals surface area contributed by atoms with Crippen LogP contribution in [0.1, 0.15) is 18.4 Å². The zero-order valence-electron chi connectivity index (χ0n) is 11.1. The maximum atomic E-state index is 12.0. The van der Waals surface area contributed by atoms with Gasteiger partial charge in [-0.1, -0.05) is 6.07 Å². The van der Waals surface area contributed by atoms with Crippen LogP contribution in [0.3, 0.4) is 0 Å². The van der Waals surface area contributed by atoms with Crippen molar-refractivity contribution >= 4 is 33.7 Å². The summed E-state index contributed by atoms with van der Waals surface area (Å²) in [5.74, 6) is -1.20. The molecule has 0 aliphatic carbocycles. The van der Waals surface area contributed by atoms with Crippen molar-refractivity contribution < 1.29 is 14.4 Å². The molecule has 0 saturated carbocycles. The van der Waals surface area contributed by atoms with Crippen molar-refractivity contribution in [2.45, 2.75) is 31.3 Å². The molecule has 1 aliphatic rings. The standard InChI is InChI=1S/C13H15BrN4O3/c14-11-7(2-1-5-16-11)6-9(12(15)20)18-13(21)8-3-4-10(19)17-8/h1-2,5,8-9H,3-4,6H2,(H2,15,20)(H,17,19)(H,18,21)/t8-,9+/m0/s1. The smallest absolute Gasteiger partial charge is 0.243 e. The zero-order chi connectivity index (χ0) is 15.4. The van der Waals surface area contributed by atoms with Crippen molar-refractivity contribution in [1.82, 2.24) is 15.6 Å². The van der Waals surface area contributed by atoms with E-state index in [4.69, 9.17) is 5.73 Å². The Morgan fingerprint density at radius 2 is 2.33 bits per heavy atom. The van der Waals surface area contributed by atoms with Crippen LogP contribution in [0, 0.1) is 0 Å². The molecule has 0 aromatic carbocycles. The first-order valence-corrected chi connectivity index (χ1v) is 7.25. The van der Waals surface area contributed by atoms with E-state index >= 15 is 0 Å². The molecule has 8 heteroatoms. The number of rotatable bonds is 5. The molecule has 0 radical (unpaired) electrons. The van der Waals surface area contributed by atoms with Gasteiger partial charge in [0, 0.05) is 19.0 Å². The molecule has 0 spiro atoms. The quantitative estimate of drug-likeness (QED) is 0.626. The highest BCUT2D eigenvalue weighted by molar-refractivity contribution is 9.10. The minimum atomic E-state index is -0.851. The molecule has 7 nitrogen and oxygen atoms in total. The summed E-state index contributed by atoms with van der Waals surface area (Å²) >= 11 is 3.28. The predicted octanol–water partition coefficient (Wildman–Crippen LogP) is -0.365. The van der Waals surface area contributed by atoms with Crippen molar-refractivity contribution in [2.75, 3.05) is 0 Å². The summed E-state index contributed by atoms with van der Waals surface area (Å²) in [6, 6.07) is 2.07. The summed E-state index contributed by atoms with van der Waals surface area (Å²) in [6.07, 6.45) is 2.58. The second-order valence-electron chi connectivity index (χ2n) is 4.78. The molecule has 1 fully saturated rings. The summed E-state index contributed by atoms with van der Waals surface area (Å²) in [5.41, 5.74) is 6.09. The lowest BCUT2D eigenvalue weighted by Crippen LogP contribution is -2.51. The van der Waals surface area contributed by atoms with E-state index in [1.807, 2.05) is 0 Å². The number of amides is 3. The van der Waals surface area contributed by atoms with E-state index in [-0.39, 0.29) is 12.3 Å². The van der Waals surface area contributed by atoms with Gasteiger partial charge in [0.2, 0.25) is 17.7 Å². The van der Waals surface area contributed by atoms with Crippen LogP contribution in [0.5, 0.6) is 0 Å². The highest BCUT2D eigenvalue weighted by atomic mass is 79.9. The minimum absolute atomic E-state index is 0.166. The molecule has 2 heterocycles. The number of primary amides is 1. The maximum absolute atomic E-state index is 12.0. The largest absolute Gasteiger partial charge is 0.368 e. The molecule has 3 amide bonds. The maximum Gasteiger partial charge on any atom is 0.243 e. The Hall–Kier alpha value is -1.96. The van der Waals surface area contributed by atoms with Gasteiger partial charge in [-0.15, -0.1) is 0 Å².